The maximum atomic E-state index is 15.2. The molecule has 1 unspecified atom stereocenters. The zero-order valence-corrected chi connectivity index (χ0v) is 19.0. The van der Waals surface area contributed by atoms with Crippen molar-refractivity contribution in [3.63, 3.8) is 0 Å². The molecule has 3 saturated heterocycles. The third-order valence-electron chi connectivity index (χ3n) is 7.46. The van der Waals surface area contributed by atoms with E-state index in [2.05, 4.69) is 24.1 Å². The van der Waals surface area contributed by atoms with Gasteiger partial charge in [-0.05, 0) is 84.6 Å². The first-order valence-electron chi connectivity index (χ1n) is 11.5. The van der Waals surface area contributed by atoms with Crippen LogP contribution in [0.25, 0.3) is 11.1 Å². The van der Waals surface area contributed by atoms with Crippen LogP contribution in [0.15, 0.2) is 36.4 Å². The lowest BCUT2D eigenvalue weighted by atomic mass is 9.85. The minimum absolute atomic E-state index is 0.0475. The SMILES string of the molecule is COc1cccc(-c2cc3c(cc2F)C(NC(=O)O[C@@H]2CN4CCC2CC4)C(C)(C)C3)c1. The number of amides is 1. The molecule has 1 N–H and O–H groups in total. The van der Waals surface area contributed by atoms with Gasteiger partial charge in [-0.15, -0.1) is 0 Å². The lowest BCUT2D eigenvalue weighted by Gasteiger charge is -2.44. The number of nitrogens with one attached hydrogen (secondary N) is 1. The summed E-state index contributed by atoms with van der Waals surface area (Å²) in [6.07, 6.45) is 2.49. The Bertz CT molecular complexity index is 1030. The highest BCUT2D eigenvalue weighted by Gasteiger charge is 2.42. The van der Waals surface area contributed by atoms with Crippen molar-refractivity contribution in [2.75, 3.05) is 26.7 Å². The van der Waals surface area contributed by atoms with E-state index in [9.17, 15) is 4.79 Å². The van der Waals surface area contributed by atoms with Gasteiger partial charge in [0.2, 0.25) is 0 Å². The van der Waals surface area contributed by atoms with Crippen LogP contribution in [-0.4, -0.2) is 43.8 Å². The van der Waals surface area contributed by atoms with Gasteiger partial charge in [0.1, 0.15) is 17.7 Å². The highest BCUT2D eigenvalue weighted by Crippen LogP contribution is 2.47. The first-order valence-corrected chi connectivity index (χ1v) is 11.5. The quantitative estimate of drug-likeness (QED) is 0.734. The Morgan fingerprint density at radius 2 is 1.97 bits per heavy atom. The van der Waals surface area contributed by atoms with Crippen LogP contribution in [0.2, 0.25) is 0 Å². The van der Waals surface area contributed by atoms with Gasteiger partial charge in [0.25, 0.3) is 0 Å². The Kier molecular flexibility index (Phi) is 5.36. The zero-order valence-electron chi connectivity index (χ0n) is 19.0. The number of benzene rings is 2. The minimum Gasteiger partial charge on any atom is -0.497 e. The van der Waals surface area contributed by atoms with Crippen molar-refractivity contribution >= 4 is 6.09 Å². The third kappa shape index (κ3) is 3.85. The molecule has 3 aliphatic heterocycles. The van der Waals surface area contributed by atoms with Gasteiger partial charge in [0.15, 0.2) is 0 Å². The van der Waals surface area contributed by atoms with Crippen LogP contribution < -0.4 is 10.1 Å². The molecular weight excluding hydrogens is 407 g/mol. The van der Waals surface area contributed by atoms with Crippen LogP contribution in [0.5, 0.6) is 5.75 Å². The fourth-order valence-corrected chi connectivity index (χ4v) is 5.69. The third-order valence-corrected chi connectivity index (χ3v) is 7.46. The summed E-state index contributed by atoms with van der Waals surface area (Å²) in [4.78, 5) is 15.2. The van der Waals surface area contributed by atoms with Crippen LogP contribution in [0.1, 0.15) is 43.9 Å². The molecular formula is C26H31FN2O3. The second-order valence-corrected chi connectivity index (χ2v) is 10.1. The van der Waals surface area contributed by atoms with Gasteiger partial charge >= 0.3 is 6.09 Å². The number of hydrogen-bond donors (Lipinski definition) is 1. The van der Waals surface area contributed by atoms with Gasteiger partial charge in [-0.3, -0.25) is 4.90 Å². The Hall–Kier alpha value is -2.60. The summed E-state index contributed by atoms with van der Waals surface area (Å²) in [5.74, 6) is 0.850. The summed E-state index contributed by atoms with van der Waals surface area (Å²) in [5.41, 5.74) is 2.98. The Balaban J connectivity index is 1.37. The zero-order chi connectivity index (χ0) is 22.5. The van der Waals surface area contributed by atoms with E-state index in [1.54, 1.807) is 13.2 Å². The van der Waals surface area contributed by atoms with Crippen molar-refractivity contribution < 1.29 is 18.7 Å². The van der Waals surface area contributed by atoms with Crippen LogP contribution in [-0.2, 0) is 11.2 Å². The smallest absolute Gasteiger partial charge is 0.407 e. The van der Waals surface area contributed by atoms with Crippen LogP contribution in [0.4, 0.5) is 9.18 Å². The molecule has 2 aromatic rings. The van der Waals surface area contributed by atoms with Gasteiger partial charge in [0.05, 0.1) is 13.2 Å². The number of methoxy groups -OCH3 is 1. The molecule has 2 atom stereocenters. The lowest BCUT2D eigenvalue weighted by molar-refractivity contribution is -0.0349. The molecule has 2 aromatic carbocycles. The molecule has 0 saturated carbocycles. The molecule has 6 heteroatoms. The van der Waals surface area contributed by atoms with Crippen molar-refractivity contribution in [2.45, 2.75) is 45.3 Å². The topological polar surface area (TPSA) is 50.8 Å². The predicted molar refractivity (Wildman–Crippen MR) is 121 cm³/mol. The Morgan fingerprint density at radius 1 is 1.19 bits per heavy atom. The highest BCUT2D eigenvalue weighted by molar-refractivity contribution is 5.71. The van der Waals surface area contributed by atoms with E-state index in [0.717, 1.165) is 55.6 Å². The number of carbonyl (C=O) groups is 1. The largest absolute Gasteiger partial charge is 0.497 e. The average Bonchev–Trinajstić information content (AvgIpc) is 3.03. The monoisotopic (exact) mass is 438 g/mol. The Morgan fingerprint density at radius 3 is 2.66 bits per heavy atom. The molecule has 6 rings (SSSR count). The molecule has 170 valence electrons. The van der Waals surface area contributed by atoms with Crippen molar-refractivity contribution in [3.05, 3.63) is 53.3 Å². The van der Waals surface area contributed by atoms with E-state index in [4.69, 9.17) is 9.47 Å². The van der Waals surface area contributed by atoms with E-state index in [-0.39, 0.29) is 23.4 Å². The second-order valence-electron chi connectivity index (χ2n) is 10.1. The van der Waals surface area contributed by atoms with Gasteiger partial charge in [-0.2, -0.15) is 0 Å². The number of hydrogen-bond acceptors (Lipinski definition) is 4. The number of fused-ring (bicyclic) bond motifs is 4. The van der Waals surface area contributed by atoms with E-state index < -0.39 is 6.09 Å². The van der Waals surface area contributed by atoms with E-state index in [0.29, 0.717) is 17.2 Å². The lowest BCUT2D eigenvalue weighted by Crippen LogP contribution is -2.53. The average molecular weight is 439 g/mol. The maximum Gasteiger partial charge on any atom is 0.407 e. The fraction of sp³-hybridized carbons (Fsp3) is 0.500. The number of ether oxygens (including phenoxy) is 2. The van der Waals surface area contributed by atoms with Crippen molar-refractivity contribution in [1.82, 2.24) is 10.2 Å². The molecule has 3 fully saturated rings. The molecule has 0 radical (unpaired) electrons. The van der Waals surface area contributed by atoms with E-state index >= 15 is 4.39 Å². The van der Waals surface area contributed by atoms with Gasteiger partial charge < -0.3 is 14.8 Å². The molecule has 5 nitrogen and oxygen atoms in total. The number of piperidine rings is 3. The van der Waals surface area contributed by atoms with Gasteiger partial charge in [0, 0.05) is 12.1 Å². The Labute approximate surface area is 188 Å². The molecule has 1 amide bonds. The summed E-state index contributed by atoms with van der Waals surface area (Å²) < 4.78 is 26.4. The molecule has 32 heavy (non-hydrogen) atoms. The minimum atomic E-state index is -0.396. The predicted octanol–water partition coefficient (Wildman–Crippen LogP) is 4.95. The molecule has 0 aromatic heterocycles. The summed E-state index contributed by atoms with van der Waals surface area (Å²) in [6.45, 7) is 7.24. The molecule has 1 aliphatic carbocycles. The molecule has 3 heterocycles. The molecule has 4 aliphatic rings. The highest BCUT2D eigenvalue weighted by atomic mass is 19.1. The van der Waals surface area contributed by atoms with Crippen molar-refractivity contribution in [1.29, 1.82) is 0 Å². The summed E-state index contributed by atoms with van der Waals surface area (Å²) in [6, 6.07) is 10.6. The number of carbonyl (C=O) groups excluding carboxylic acids is 1. The fourth-order valence-electron chi connectivity index (χ4n) is 5.69. The van der Waals surface area contributed by atoms with Gasteiger partial charge in [-0.25, -0.2) is 9.18 Å². The van der Waals surface area contributed by atoms with Crippen molar-refractivity contribution in [3.8, 4) is 16.9 Å². The van der Waals surface area contributed by atoms with Crippen LogP contribution in [0, 0.1) is 17.2 Å². The number of halogens is 1. The van der Waals surface area contributed by atoms with Crippen molar-refractivity contribution in [2.24, 2.45) is 11.3 Å². The summed E-state index contributed by atoms with van der Waals surface area (Å²) in [5, 5.41) is 3.07. The number of nitrogens with zero attached hydrogens (tertiary/aromatic N) is 1. The second kappa shape index (κ2) is 8.07. The first-order chi connectivity index (χ1) is 15.3. The van der Waals surface area contributed by atoms with E-state index in [1.165, 1.54) is 0 Å². The standard InChI is InChI=1S/C26H31FN2O3/c1-26(2)14-18-12-20(17-5-4-6-19(11-17)31-3)22(27)13-21(18)24(26)28-25(30)32-23-15-29-9-7-16(23)8-10-29/h4-6,11-13,16,23-24H,7-10,14-15H2,1-3H3,(H,28,30)/t23-,24?/m1/s1. The number of alkyl carbamates (subject to hydrolysis) is 1. The summed E-state index contributed by atoms with van der Waals surface area (Å²) >= 11 is 0. The van der Waals surface area contributed by atoms with Gasteiger partial charge in [-0.1, -0.05) is 26.0 Å². The first kappa shape index (κ1) is 21.3. The number of rotatable bonds is 4. The maximum absolute atomic E-state index is 15.2. The summed E-state index contributed by atoms with van der Waals surface area (Å²) in [7, 11) is 1.60. The van der Waals surface area contributed by atoms with Crippen LogP contribution in [0.3, 0.4) is 0 Å². The van der Waals surface area contributed by atoms with Crippen LogP contribution >= 0.6 is 0 Å². The molecule has 2 bridgehead atoms. The normalized spacial score (nSPS) is 27.6. The van der Waals surface area contributed by atoms with E-state index in [1.807, 2.05) is 30.3 Å². The molecule has 0 spiro atoms.